The third-order valence-electron chi connectivity index (χ3n) is 5.28. The molecule has 150 valence electrons. The zero-order chi connectivity index (χ0) is 19.5. The number of fused-ring (bicyclic) bond motifs is 1. The molecule has 0 aliphatic heterocycles. The summed E-state index contributed by atoms with van der Waals surface area (Å²) in [6.07, 6.45) is 8.51. The number of alkyl halides is 1. The molecule has 3 heteroatoms. The van der Waals surface area contributed by atoms with Crippen LogP contribution in [-0.4, -0.2) is 18.5 Å². The average molecular weight is 435 g/mol. The number of hydrogen-bond donors (Lipinski definition) is 0. The number of rotatable bonds is 13. The van der Waals surface area contributed by atoms with Crippen LogP contribution in [0.4, 0.5) is 0 Å². The van der Waals surface area contributed by atoms with Crippen molar-refractivity contribution in [2.24, 2.45) is 5.92 Å². The zero-order valence-electron chi connectivity index (χ0n) is 17.2. The highest BCUT2D eigenvalue weighted by molar-refractivity contribution is 9.09. The molecule has 0 saturated heterocycles. The molecular formula is C24H35BrO2. The minimum Gasteiger partial charge on any atom is -0.493 e. The van der Waals surface area contributed by atoms with Crippen molar-refractivity contribution in [1.29, 1.82) is 0 Å². The Kier molecular flexibility index (Phi) is 10.0. The second-order valence-electron chi connectivity index (χ2n) is 7.40. The summed E-state index contributed by atoms with van der Waals surface area (Å²) >= 11 is 3.47. The van der Waals surface area contributed by atoms with Gasteiger partial charge in [-0.15, -0.1) is 0 Å². The fourth-order valence-corrected chi connectivity index (χ4v) is 3.75. The molecule has 1 unspecified atom stereocenters. The minimum absolute atomic E-state index is 0.655. The van der Waals surface area contributed by atoms with E-state index in [1.807, 2.05) is 0 Å². The lowest BCUT2D eigenvalue weighted by Crippen LogP contribution is -2.11. The van der Waals surface area contributed by atoms with E-state index in [0.717, 1.165) is 36.5 Å². The molecule has 0 bridgehead atoms. The van der Waals surface area contributed by atoms with E-state index in [-0.39, 0.29) is 0 Å². The number of ether oxygens (including phenoxy) is 2. The Morgan fingerprint density at radius 3 is 2.56 bits per heavy atom. The number of benzene rings is 2. The van der Waals surface area contributed by atoms with Crippen LogP contribution < -0.4 is 9.47 Å². The van der Waals surface area contributed by atoms with Crippen LogP contribution in [0.1, 0.15) is 64.4 Å². The van der Waals surface area contributed by atoms with Gasteiger partial charge in [-0.25, -0.2) is 0 Å². The van der Waals surface area contributed by atoms with Gasteiger partial charge in [0.1, 0.15) is 11.5 Å². The summed E-state index contributed by atoms with van der Waals surface area (Å²) in [5, 5.41) is 3.54. The standard InChI is InChI=1S/C24H35BrO2/c1-4-6-10-20(5-2)18-27-22-12-13-23-19(3)24(14-11-21(23)17-22)26-16-9-7-8-15-25/h11-14,17,20H,4-10,15-16,18H2,1-3H3. The smallest absolute Gasteiger partial charge is 0.122 e. The molecule has 0 aromatic heterocycles. The van der Waals surface area contributed by atoms with Crippen LogP contribution >= 0.6 is 15.9 Å². The van der Waals surface area contributed by atoms with E-state index in [1.54, 1.807) is 0 Å². The summed E-state index contributed by atoms with van der Waals surface area (Å²) in [7, 11) is 0. The quantitative estimate of drug-likeness (QED) is 0.237. The molecule has 0 spiro atoms. The molecule has 0 heterocycles. The molecule has 0 saturated carbocycles. The highest BCUT2D eigenvalue weighted by atomic mass is 79.9. The maximum Gasteiger partial charge on any atom is 0.122 e. The van der Waals surface area contributed by atoms with Crippen molar-refractivity contribution in [3.05, 3.63) is 35.9 Å². The number of unbranched alkanes of at least 4 members (excludes halogenated alkanes) is 3. The van der Waals surface area contributed by atoms with Gasteiger partial charge in [-0.2, -0.15) is 0 Å². The van der Waals surface area contributed by atoms with Crippen molar-refractivity contribution < 1.29 is 9.47 Å². The molecule has 2 aromatic rings. The molecule has 0 amide bonds. The van der Waals surface area contributed by atoms with E-state index >= 15 is 0 Å². The van der Waals surface area contributed by atoms with E-state index in [1.165, 1.54) is 54.9 Å². The van der Waals surface area contributed by atoms with Gasteiger partial charge in [-0.05, 0) is 73.1 Å². The third kappa shape index (κ3) is 7.03. The molecule has 0 aliphatic carbocycles. The second-order valence-corrected chi connectivity index (χ2v) is 8.19. The number of hydrogen-bond acceptors (Lipinski definition) is 2. The topological polar surface area (TPSA) is 18.5 Å². The summed E-state index contributed by atoms with van der Waals surface area (Å²) in [6, 6.07) is 10.7. The van der Waals surface area contributed by atoms with Gasteiger partial charge in [0.05, 0.1) is 13.2 Å². The zero-order valence-corrected chi connectivity index (χ0v) is 18.8. The largest absolute Gasteiger partial charge is 0.493 e. The van der Waals surface area contributed by atoms with Crippen molar-refractivity contribution in [3.63, 3.8) is 0 Å². The fourth-order valence-electron chi connectivity index (χ4n) is 3.36. The predicted molar refractivity (Wildman–Crippen MR) is 121 cm³/mol. The van der Waals surface area contributed by atoms with Crippen LogP contribution in [-0.2, 0) is 0 Å². The first kappa shape index (κ1) is 22.1. The molecular weight excluding hydrogens is 400 g/mol. The van der Waals surface area contributed by atoms with E-state index in [2.05, 4.69) is 67.0 Å². The number of aryl methyl sites for hydroxylation is 1. The first-order valence-electron chi connectivity index (χ1n) is 10.5. The summed E-state index contributed by atoms with van der Waals surface area (Å²) in [6.45, 7) is 8.26. The predicted octanol–water partition coefficient (Wildman–Crippen LogP) is 7.69. The van der Waals surface area contributed by atoms with Crippen molar-refractivity contribution >= 4 is 26.7 Å². The van der Waals surface area contributed by atoms with Gasteiger partial charge < -0.3 is 9.47 Å². The van der Waals surface area contributed by atoms with Crippen LogP contribution in [0.15, 0.2) is 30.3 Å². The average Bonchev–Trinajstić information content (AvgIpc) is 2.69. The van der Waals surface area contributed by atoms with Crippen LogP contribution in [0.2, 0.25) is 0 Å². The normalized spacial score (nSPS) is 12.3. The molecule has 2 nitrogen and oxygen atoms in total. The maximum absolute atomic E-state index is 6.10. The van der Waals surface area contributed by atoms with Gasteiger partial charge in [-0.3, -0.25) is 0 Å². The van der Waals surface area contributed by atoms with Gasteiger partial charge in [-0.1, -0.05) is 61.2 Å². The highest BCUT2D eigenvalue weighted by Gasteiger charge is 2.09. The van der Waals surface area contributed by atoms with Gasteiger partial charge in [0.15, 0.2) is 0 Å². The van der Waals surface area contributed by atoms with E-state index in [9.17, 15) is 0 Å². The van der Waals surface area contributed by atoms with Crippen LogP contribution in [0, 0.1) is 12.8 Å². The molecule has 2 aromatic carbocycles. The van der Waals surface area contributed by atoms with Gasteiger partial charge in [0.2, 0.25) is 0 Å². The molecule has 27 heavy (non-hydrogen) atoms. The third-order valence-corrected chi connectivity index (χ3v) is 5.84. The lowest BCUT2D eigenvalue weighted by atomic mass is 10.0. The Labute approximate surface area is 173 Å². The first-order chi connectivity index (χ1) is 13.2. The summed E-state index contributed by atoms with van der Waals surface area (Å²) in [5.41, 5.74) is 1.22. The van der Waals surface area contributed by atoms with Gasteiger partial charge >= 0.3 is 0 Å². The Morgan fingerprint density at radius 2 is 1.81 bits per heavy atom. The minimum atomic E-state index is 0.655. The van der Waals surface area contributed by atoms with Crippen LogP contribution in [0.25, 0.3) is 10.8 Å². The van der Waals surface area contributed by atoms with Gasteiger partial charge in [0, 0.05) is 5.33 Å². The molecule has 1 atom stereocenters. The highest BCUT2D eigenvalue weighted by Crippen LogP contribution is 2.30. The molecule has 0 N–H and O–H groups in total. The fraction of sp³-hybridized carbons (Fsp3) is 0.583. The molecule has 0 fully saturated rings. The summed E-state index contributed by atoms with van der Waals surface area (Å²) in [4.78, 5) is 0. The van der Waals surface area contributed by atoms with Crippen LogP contribution in [0.3, 0.4) is 0 Å². The van der Waals surface area contributed by atoms with E-state index < -0.39 is 0 Å². The van der Waals surface area contributed by atoms with Crippen LogP contribution in [0.5, 0.6) is 11.5 Å². The first-order valence-corrected chi connectivity index (χ1v) is 11.7. The molecule has 0 radical (unpaired) electrons. The second kappa shape index (κ2) is 12.3. The van der Waals surface area contributed by atoms with Gasteiger partial charge in [0.25, 0.3) is 0 Å². The Hall–Kier alpha value is -1.22. The number of halogens is 1. The lowest BCUT2D eigenvalue weighted by Gasteiger charge is -2.16. The van der Waals surface area contributed by atoms with E-state index in [0.29, 0.717) is 5.92 Å². The lowest BCUT2D eigenvalue weighted by molar-refractivity contribution is 0.233. The summed E-state index contributed by atoms with van der Waals surface area (Å²) < 4.78 is 12.1. The van der Waals surface area contributed by atoms with Crippen molar-refractivity contribution in [1.82, 2.24) is 0 Å². The maximum atomic E-state index is 6.10. The molecule has 0 aliphatic rings. The Morgan fingerprint density at radius 1 is 0.963 bits per heavy atom. The van der Waals surface area contributed by atoms with Crippen molar-refractivity contribution in [2.75, 3.05) is 18.5 Å². The monoisotopic (exact) mass is 434 g/mol. The Balaban J connectivity index is 1.98. The summed E-state index contributed by atoms with van der Waals surface area (Å²) in [5.74, 6) is 2.63. The SMILES string of the molecule is CCCCC(CC)COc1ccc2c(C)c(OCCCCCBr)ccc2c1. The van der Waals surface area contributed by atoms with Crippen molar-refractivity contribution in [3.8, 4) is 11.5 Å². The van der Waals surface area contributed by atoms with Crippen molar-refractivity contribution in [2.45, 2.75) is 65.7 Å². The molecule has 2 rings (SSSR count). The van der Waals surface area contributed by atoms with E-state index in [4.69, 9.17) is 9.47 Å². The Bertz CT molecular complexity index is 683.